The molecule has 0 aliphatic carbocycles. The summed E-state index contributed by atoms with van der Waals surface area (Å²) in [5, 5.41) is 13.9. The second-order valence-corrected chi connectivity index (χ2v) is 5.33. The molecule has 1 saturated heterocycles. The molecule has 1 aromatic heterocycles. The lowest BCUT2D eigenvalue weighted by Gasteiger charge is -2.40. The number of ether oxygens (including phenoxy) is 1. The van der Waals surface area contributed by atoms with E-state index in [4.69, 9.17) is 9.15 Å². The molecule has 19 heavy (non-hydrogen) atoms. The van der Waals surface area contributed by atoms with E-state index in [0.717, 1.165) is 25.1 Å². The van der Waals surface area contributed by atoms with Gasteiger partial charge in [-0.05, 0) is 24.6 Å². The largest absolute Gasteiger partial charge is 0.464 e. The van der Waals surface area contributed by atoms with E-state index in [-0.39, 0.29) is 12.0 Å². The molecule has 2 N–H and O–H groups in total. The highest BCUT2D eigenvalue weighted by molar-refractivity contribution is 5.80. The minimum absolute atomic E-state index is 0.0571. The maximum atomic E-state index is 9.33. The Morgan fingerprint density at radius 1 is 1.26 bits per heavy atom. The van der Waals surface area contributed by atoms with Gasteiger partial charge in [0.15, 0.2) is 0 Å². The van der Waals surface area contributed by atoms with Gasteiger partial charge >= 0.3 is 0 Å². The van der Waals surface area contributed by atoms with Gasteiger partial charge in [0.25, 0.3) is 0 Å². The molecule has 2 heterocycles. The van der Waals surface area contributed by atoms with Crippen LogP contribution in [0.1, 0.15) is 5.56 Å². The quantitative estimate of drug-likeness (QED) is 0.775. The summed E-state index contributed by atoms with van der Waals surface area (Å²) in [7, 11) is 0. The van der Waals surface area contributed by atoms with E-state index in [1.165, 1.54) is 10.9 Å². The lowest BCUT2D eigenvalue weighted by Crippen LogP contribution is -2.52. The zero-order valence-electron chi connectivity index (χ0n) is 10.9. The van der Waals surface area contributed by atoms with Crippen molar-refractivity contribution in [2.75, 3.05) is 32.9 Å². The van der Waals surface area contributed by atoms with Gasteiger partial charge < -0.3 is 19.6 Å². The number of aliphatic hydroxyl groups is 1. The van der Waals surface area contributed by atoms with Gasteiger partial charge in [-0.1, -0.05) is 18.2 Å². The number of rotatable bonds is 6. The Morgan fingerprint density at radius 2 is 2.11 bits per heavy atom. The fourth-order valence-electron chi connectivity index (χ4n) is 2.44. The molecule has 3 rings (SSSR count). The molecule has 4 heteroatoms. The van der Waals surface area contributed by atoms with Crippen molar-refractivity contribution in [1.82, 2.24) is 5.32 Å². The summed E-state index contributed by atoms with van der Waals surface area (Å²) in [6.45, 7) is 3.19. The maximum absolute atomic E-state index is 9.33. The molecule has 1 fully saturated rings. The van der Waals surface area contributed by atoms with E-state index < -0.39 is 0 Å². The van der Waals surface area contributed by atoms with Crippen LogP contribution in [0.25, 0.3) is 11.0 Å². The van der Waals surface area contributed by atoms with Crippen LogP contribution in [-0.2, 0) is 11.2 Å². The normalized spacial score (nSPS) is 17.5. The minimum atomic E-state index is -0.0571. The van der Waals surface area contributed by atoms with Gasteiger partial charge in [0, 0.05) is 11.9 Å². The van der Waals surface area contributed by atoms with Crippen LogP contribution in [0.2, 0.25) is 0 Å². The molecule has 1 aromatic carbocycles. The zero-order chi connectivity index (χ0) is 13.1. The van der Waals surface area contributed by atoms with Crippen LogP contribution >= 0.6 is 0 Å². The molecule has 0 amide bonds. The predicted octanol–water partition coefficient (Wildman–Crippen LogP) is 1.57. The highest BCUT2D eigenvalue weighted by Crippen LogP contribution is 2.25. The molecule has 0 saturated carbocycles. The number of furan rings is 1. The van der Waals surface area contributed by atoms with Crippen molar-refractivity contribution in [2.24, 2.45) is 5.41 Å². The number of benzene rings is 1. The van der Waals surface area contributed by atoms with Gasteiger partial charge in [0.1, 0.15) is 5.58 Å². The molecule has 0 atom stereocenters. The Kier molecular flexibility index (Phi) is 3.55. The summed E-state index contributed by atoms with van der Waals surface area (Å²) >= 11 is 0. The molecule has 0 spiro atoms. The third-order valence-corrected chi connectivity index (χ3v) is 3.78. The topological polar surface area (TPSA) is 54.6 Å². The highest BCUT2D eigenvalue weighted by Gasteiger charge is 2.37. The average Bonchev–Trinajstić information content (AvgIpc) is 2.81. The van der Waals surface area contributed by atoms with Crippen molar-refractivity contribution >= 4 is 11.0 Å². The second kappa shape index (κ2) is 5.33. The number of fused-ring (bicyclic) bond motifs is 1. The van der Waals surface area contributed by atoms with E-state index in [0.29, 0.717) is 13.2 Å². The Bertz CT molecular complexity index is 540. The second-order valence-electron chi connectivity index (χ2n) is 5.33. The number of nitrogens with one attached hydrogen (secondary N) is 1. The lowest BCUT2D eigenvalue weighted by atomic mass is 9.87. The molecule has 4 nitrogen and oxygen atoms in total. The van der Waals surface area contributed by atoms with E-state index >= 15 is 0 Å². The third-order valence-electron chi connectivity index (χ3n) is 3.78. The molecule has 0 radical (unpaired) electrons. The highest BCUT2D eigenvalue weighted by atomic mass is 16.5. The van der Waals surface area contributed by atoms with Crippen molar-refractivity contribution in [3.63, 3.8) is 0 Å². The van der Waals surface area contributed by atoms with Crippen molar-refractivity contribution in [3.05, 3.63) is 36.1 Å². The molecule has 102 valence electrons. The monoisotopic (exact) mass is 261 g/mol. The molecule has 1 aliphatic rings. The number of aliphatic hydroxyl groups excluding tert-OH is 1. The molecule has 0 unspecified atom stereocenters. The van der Waals surface area contributed by atoms with Gasteiger partial charge in [-0.3, -0.25) is 0 Å². The summed E-state index contributed by atoms with van der Waals surface area (Å²) in [6.07, 6.45) is 2.76. The zero-order valence-corrected chi connectivity index (χ0v) is 10.9. The van der Waals surface area contributed by atoms with Crippen LogP contribution in [-0.4, -0.2) is 38.0 Å². The molecule has 0 bridgehead atoms. The first-order chi connectivity index (χ1) is 9.33. The molecular weight excluding hydrogens is 242 g/mol. The van der Waals surface area contributed by atoms with Crippen molar-refractivity contribution in [1.29, 1.82) is 0 Å². The van der Waals surface area contributed by atoms with Crippen molar-refractivity contribution < 1.29 is 14.3 Å². The predicted molar refractivity (Wildman–Crippen MR) is 73.1 cm³/mol. The van der Waals surface area contributed by atoms with E-state index in [9.17, 15) is 5.11 Å². The average molecular weight is 261 g/mol. The van der Waals surface area contributed by atoms with Crippen LogP contribution in [0.4, 0.5) is 0 Å². The minimum Gasteiger partial charge on any atom is -0.464 e. The van der Waals surface area contributed by atoms with Crippen molar-refractivity contribution in [2.45, 2.75) is 6.42 Å². The van der Waals surface area contributed by atoms with Crippen LogP contribution in [0.3, 0.4) is 0 Å². The van der Waals surface area contributed by atoms with Gasteiger partial charge in [0.2, 0.25) is 0 Å². The summed E-state index contributed by atoms with van der Waals surface area (Å²) in [5.74, 6) is 0. The fraction of sp³-hybridized carbons (Fsp3) is 0.467. The molecular formula is C15H19NO3. The van der Waals surface area contributed by atoms with Gasteiger partial charge in [-0.25, -0.2) is 0 Å². The Labute approximate surface area is 112 Å². The van der Waals surface area contributed by atoms with Crippen LogP contribution in [0, 0.1) is 5.41 Å². The van der Waals surface area contributed by atoms with Crippen molar-refractivity contribution in [3.8, 4) is 0 Å². The fourth-order valence-corrected chi connectivity index (χ4v) is 2.44. The number of para-hydroxylation sites is 1. The smallest absolute Gasteiger partial charge is 0.134 e. The van der Waals surface area contributed by atoms with Crippen LogP contribution in [0.5, 0.6) is 0 Å². The Balaban J connectivity index is 1.52. The van der Waals surface area contributed by atoms with E-state index in [1.807, 2.05) is 24.5 Å². The Hall–Kier alpha value is -1.36. The third kappa shape index (κ3) is 2.52. The molecule has 2 aromatic rings. The number of hydrogen-bond donors (Lipinski definition) is 2. The Morgan fingerprint density at radius 3 is 2.84 bits per heavy atom. The lowest BCUT2D eigenvalue weighted by molar-refractivity contribution is -0.134. The SMILES string of the molecule is OCC1(CNCCc2coc3ccccc23)COC1. The van der Waals surface area contributed by atoms with E-state index in [1.54, 1.807) is 0 Å². The summed E-state index contributed by atoms with van der Waals surface area (Å²) in [5.41, 5.74) is 2.11. The summed E-state index contributed by atoms with van der Waals surface area (Å²) < 4.78 is 10.7. The van der Waals surface area contributed by atoms with Crippen LogP contribution in [0.15, 0.2) is 34.9 Å². The summed E-state index contributed by atoms with van der Waals surface area (Å²) in [6, 6.07) is 8.08. The van der Waals surface area contributed by atoms with E-state index in [2.05, 4.69) is 11.4 Å². The first-order valence-electron chi connectivity index (χ1n) is 6.67. The van der Waals surface area contributed by atoms with Gasteiger partial charge in [-0.2, -0.15) is 0 Å². The first kappa shape index (κ1) is 12.7. The maximum Gasteiger partial charge on any atom is 0.134 e. The van der Waals surface area contributed by atoms with Gasteiger partial charge in [-0.15, -0.1) is 0 Å². The van der Waals surface area contributed by atoms with Gasteiger partial charge in [0.05, 0.1) is 31.5 Å². The first-order valence-corrected chi connectivity index (χ1v) is 6.67. The summed E-state index contributed by atoms with van der Waals surface area (Å²) in [4.78, 5) is 0. The van der Waals surface area contributed by atoms with Crippen LogP contribution < -0.4 is 5.32 Å². The number of hydrogen-bond acceptors (Lipinski definition) is 4. The standard InChI is InChI=1S/C15H19NO3/c17-9-15(10-18-11-15)8-16-6-5-12-7-19-14-4-2-1-3-13(12)14/h1-4,7,16-17H,5-6,8-11H2. The molecule has 1 aliphatic heterocycles.